The zero-order chi connectivity index (χ0) is 11.3. The molecule has 1 fully saturated rings. The maximum atomic E-state index is 11.6. The van der Waals surface area contributed by atoms with Gasteiger partial charge in [-0.2, -0.15) is 0 Å². The maximum absolute atomic E-state index is 11.6. The molecule has 0 aliphatic carbocycles. The number of rotatable bonds is 4. The molecule has 1 rings (SSSR count). The number of ether oxygens (including phenoxy) is 1. The molecule has 1 saturated heterocycles. The molecule has 2 unspecified atom stereocenters. The molecule has 88 valence electrons. The van der Waals surface area contributed by atoms with Crippen molar-refractivity contribution < 1.29 is 9.53 Å². The van der Waals surface area contributed by atoms with E-state index in [1.807, 2.05) is 14.0 Å². The third kappa shape index (κ3) is 4.62. The number of nitrogens with zero attached hydrogens (tertiary/aromatic N) is 1. The molecule has 15 heavy (non-hydrogen) atoms. The second kappa shape index (κ2) is 6.08. The summed E-state index contributed by atoms with van der Waals surface area (Å²) in [4.78, 5) is 13.4. The summed E-state index contributed by atoms with van der Waals surface area (Å²) >= 11 is 0. The first-order valence-electron chi connectivity index (χ1n) is 5.70. The van der Waals surface area contributed by atoms with Crippen molar-refractivity contribution in [1.82, 2.24) is 4.90 Å². The van der Waals surface area contributed by atoms with E-state index >= 15 is 0 Å². The monoisotopic (exact) mass is 214 g/mol. The predicted octanol–water partition coefficient (Wildman–Crippen LogP) is 0.751. The molecular weight excluding hydrogens is 192 g/mol. The first kappa shape index (κ1) is 12.5. The number of likely N-dealkylation sites (N-methyl/N-ethyl adjacent to an activating group) is 1. The van der Waals surface area contributed by atoms with Gasteiger partial charge in [-0.3, -0.25) is 4.79 Å². The van der Waals surface area contributed by atoms with Crippen LogP contribution in [0.4, 0.5) is 0 Å². The Morgan fingerprint density at radius 3 is 2.87 bits per heavy atom. The van der Waals surface area contributed by atoms with E-state index in [1.165, 1.54) is 6.42 Å². The lowest BCUT2D eigenvalue weighted by molar-refractivity contribution is -0.132. The van der Waals surface area contributed by atoms with Gasteiger partial charge < -0.3 is 15.4 Å². The lowest BCUT2D eigenvalue weighted by Crippen LogP contribution is -2.39. The average Bonchev–Trinajstić information content (AvgIpc) is 2.18. The summed E-state index contributed by atoms with van der Waals surface area (Å²) in [6.45, 7) is 3.38. The fourth-order valence-electron chi connectivity index (χ4n) is 1.79. The van der Waals surface area contributed by atoms with Crippen LogP contribution in [0, 0.1) is 0 Å². The lowest BCUT2D eigenvalue weighted by Gasteiger charge is -2.27. The van der Waals surface area contributed by atoms with Gasteiger partial charge in [-0.25, -0.2) is 0 Å². The van der Waals surface area contributed by atoms with Crippen molar-refractivity contribution in [2.45, 2.75) is 44.8 Å². The standard InChI is InChI=1S/C11H22N2O2/c1-9(12)7-11(14)13(2)8-10-5-3-4-6-15-10/h9-10H,3-8,12H2,1-2H3. The van der Waals surface area contributed by atoms with Crippen molar-refractivity contribution >= 4 is 5.91 Å². The summed E-state index contributed by atoms with van der Waals surface area (Å²) in [7, 11) is 1.82. The fourth-order valence-corrected chi connectivity index (χ4v) is 1.79. The van der Waals surface area contributed by atoms with Gasteiger partial charge in [0.2, 0.25) is 5.91 Å². The number of hydrogen-bond acceptors (Lipinski definition) is 3. The van der Waals surface area contributed by atoms with E-state index in [0.29, 0.717) is 13.0 Å². The lowest BCUT2D eigenvalue weighted by atomic mass is 10.1. The Balaban J connectivity index is 2.26. The minimum absolute atomic E-state index is 0.0628. The predicted molar refractivity (Wildman–Crippen MR) is 59.5 cm³/mol. The number of hydrogen-bond donors (Lipinski definition) is 1. The van der Waals surface area contributed by atoms with E-state index in [9.17, 15) is 4.79 Å². The molecule has 1 aliphatic heterocycles. The van der Waals surface area contributed by atoms with Gasteiger partial charge in [0.05, 0.1) is 6.10 Å². The van der Waals surface area contributed by atoms with Crippen LogP contribution >= 0.6 is 0 Å². The molecule has 0 spiro atoms. The van der Waals surface area contributed by atoms with Crippen molar-refractivity contribution in [3.05, 3.63) is 0 Å². The molecule has 4 heteroatoms. The van der Waals surface area contributed by atoms with Crippen molar-refractivity contribution in [3.63, 3.8) is 0 Å². The van der Waals surface area contributed by atoms with Gasteiger partial charge in [-0.05, 0) is 26.2 Å². The van der Waals surface area contributed by atoms with Crippen LogP contribution in [0.2, 0.25) is 0 Å². The van der Waals surface area contributed by atoms with E-state index < -0.39 is 0 Å². The number of amides is 1. The molecule has 0 aromatic carbocycles. The summed E-state index contributed by atoms with van der Waals surface area (Å²) in [6.07, 6.45) is 4.06. The summed E-state index contributed by atoms with van der Waals surface area (Å²) in [6, 6.07) is -0.0628. The molecule has 0 saturated carbocycles. The Morgan fingerprint density at radius 2 is 2.33 bits per heavy atom. The molecule has 1 amide bonds. The SMILES string of the molecule is CC(N)CC(=O)N(C)CC1CCCCO1. The van der Waals surface area contributed by atoms with Crippen LogP contribution in [0.1, 0.15) is 32.6 Å². The zero-order valence-corrected chi connectivity index (χ0v) is 9.74. The fraction of sp³-hybridized carbons (Fsp3) is 0.909. The van der Waals surface area contributed by atoms with Crippen LogP contribution < -0.4 is 5.73 Å². The average molecular weight is 214 g/mol. The van der Waals surface area contributed by atoms with Gasteiger partial charge in [-0.15, -0.1) is 0 Å². The van der Waals surface area contributed by atoms with Crippen LogP contribution in [-0.2, 0) is 9.53 Å². The number of carbonyl (C=O) groups is 1. The first-order valence-corrected chi connectivity index (χ1v) is 5.70. The second-order valence-corrected chi connectivity index (χ2v) is 4.44. The molecule has 2 atom stereocenters. The van der Waals surface area contributed by atoms with E-state index in [1.54, 1.807) is 4.90 Å². The summed E-state index contributed by atoms with van der Waals surface area (Å²) in [5.41, 5.74) is 5.59. The minimum atomic E-state index is -0.0628. The highest BCUT2D eigenvalue weighted by molar-refractivity contribution is 5.76. The van der Waals surface area contributed by atoms with Crippen LogP contribution in [0.25, 0.3) is 0 Å². The highest BCUT2D eigenvalue weighted by Crippen LogP contribution is 2.13. The first-order chi connectivity index (χ1) is 7.09. The zero-order valence-electron chi connectivity index (χ0n) is 9.74. The van der Waals surface area contributed by atoms with Gasteiger partial charge in [0, 0.05) is 32.7 Å². The molecule has 0 radical (unpaired) electrons. The topological polar surface area (TPSA) is 55.6 Å². The Bertz CT molecular complexity index is 201. The van der Waals surface area contributed by atoms with E-state index in [2.05, 4.69) is 0 Å². The van der Waals surface area contributed by atoms with Crippen molar-refractivity contribution in [3.8, 4) is 0 Å². The van der Waals surface area contributed by atoms with Gasteiger partial charge in [0.25, 0.3) is 0 Å². The molecule has 4 nitrogen and oxygen atoms in total. The van der Waals surface area contributed by atoms with E-state index in [0.717, 1.165) is 19.4 Å². The highest BCUT2D eigenvalue weighted by atomic mass is 16.5. The number of carbonyl (C=O) groups excluding carboxylic acids is 1. The normalized spacial score (nSPS) is 23.5. The van der Waals surface area contributed by atoms with E-state index in [4.69, 9.17) is 10.5 Å². The molecule has 0 aromatic heterocycles. The Kier molecular flexibility index (Phi) is 5.05. The maximum Gasteiger partial charge on any atom is 0.223 e. The summed E-state index contributed by atoms with van der Waals surface area (Å²) in [5, 5.41) is 0. The molecule has 1 aliphatic rings. The summed E-state index contributed by atoms with van der Waals surface area (Å²) in [5.74, 6) is 0.110. The number of nitrogens with two attached hydrogens (primary N) is 1. The largest absolute Gasteiger partial charge is 0.376 e. The molecule has 1 heterocycles. The minimum Gasteiger partial charge on any atom is -0.376 e. The van der Waals surface area contributed by atoms with Crippen molar-refractivity contribution in [2.75, 3.05) is 20.2 Å². The Labute approximate surface area is 91.8 Å². The third-order valence-electron chi connectivity index (χ3n) is 2.67. The summed E-state index contributed by atoms with van der Waals surface area (Å²) < 4.78 is 5.58. The van der Waals surface area contributed by atoms with E-state index in [-0.39, 0.29) is 18.1 Å². The van der Waals surface area contributed by atoms with Gasteiger partial charge in [-0.1, -0.05) is 0 Å². The molecular formula is C11H22N2O2. The van der Waals surface area contributed by atoms with Gasteiger partial charge in [0.15, 0.2) is 0 Å². The van der Waals surface area contributed by atoms with Crippen LogP contribution in [0.3, 0.4) is 0 Å². The van der Waals surface area contributed by atoms with Gasteiger partial charge >= 0.3 is 0 Å². The second-order valence-electron chi connectivity index (χ2n) is 4.44. The Hall–Kier alpha value is -0.610. The van der Waals surface area contributed by atoms with Crippen LogP contribution in [-0.4, -0.2) is 43.2 Å². The smallest absolute Gasteiger partial charge is 0.223 e. The van der Waals surface area contributed by atoms with Crippen LogP contribution in [0.15, 0.2) is 0 Å². The Morgan fingerprint density at radius 1 is 1.60 bits per heavy atom. The molecule has 0 bridgehead atoms. The molecule has 2 N–H and O–H groups in total. The molecule has 0 aromatic rings. The van der Waals surface area contributed by atoms with Crippen molar-refractivity contribution in [1.29, 1.82) is 0 Å². The highest BCUT2D eigenvalue weighted by Gasteiger charge is 2.19. The quantitative estimate of drug-likeness (QED) is 0.751. The van der Waals surface area contributed by atoms with Gasteiger partial charge in [0.1, 0.15) is 0 Å². The van der Waals surface area contributed by atoms with Crippen molar-refractivity contribution in [2.24, 2.45) is 5.73 Å². The third-order valence-corrected chi connectivity index (χ3v) is 2.67. The van der Waals surface area contributed by atoms with Crippen LogP contribution in [0.5, 0.6) is 0 Å².